The van der Waals surface area contributed by atoms with Crippen LogP contribution in [0.4, 0.5) is 18.9 Å². The van der Waals surface area contributed by atoms with Crippen LogP contribution in [0.25, 0.3) is 0 Å². The standard InChI is InChI=1S/C13H9ClF3N/c14-10-3-1-2-8(13(10)17)7-18-12-6-9(15)4-5-11(12)16/h1-6,18H,7H2. The highest BCUT2D eigenvalue weighted by molar-refractivity contribution is 6.30. The molecule has 0 aliphatic rings. The van der Waals surface area contributed by atoms with E-state index in [0.29, 0.717) is 0 Å². The second-order valence-electron chi connectivity index (χ2n) is 3.69. The molecule has 1 N–H and O–H groups in total. The van der Waals surface area contributed by atoms with E-state index in [1.807, 2.05) is 0 Å². The lowest BCUT2D eigenvalue weighted by atomic mass is 10.2. The third-order valence-corrected chi connectivity index (χ3v) is 2.72. The summed E-state index contributed by atoms with van der Waals surface area (Å²) >= 11 is 5.62. The minimum atomic E-state index is -0.598. The van der Waals surface area contributed by atoms with Gasteiger partial charge in [-0.15, -0.1) is 0 Å². The van der Waals surface area contributed by atoms with Gasteiger partial charge >= 0.3 is 0 Å². The Bertz CT molecular complexity index is 570. The zero-order chi connectivity index (χ0) is 13.1. The van der Waals surface area contributed by atoms with E-state index in [9.17, 15) is 13.2 Å². The number of hydrogen-bond donors (Lipinski definition) is 1. The van der Waals surface area contributed by atoms with Gasteiger partial charge in [0.25, 0.3) is 0 Å². The second-order valence-corrected chi connectivity index (χ2v) is 4.10. The number of anilines is 1. The zero-order valence-corrected chi connectivity index (χ0v) is 9.94. The fourth-order valence-electron chi connectivity index (χ4n) is 1.51. The van der Waals surface area contributed by atoms with Crippen molar-refractivity contribution in [2.24, 2.45) is 0 Å². The van der Waals surface area contributed by atoms with Gasteiger partial charge in [0.2, 0.25) is 0 Å². The summed E-state index contributed by atoms with van der Waals surface area (Å²) in [5, 5.41) is 2.62. The molecule has 94 valence electrons. The number of halogens is 4. The van der Waals surface area contributed by atoms with Crippen molar-refractivity contribution in [1.82, 2.24) is 0 Å². The Hall–Kier alpha value is -1.68. The molecule has 0 saturated carbocycles. The Balaban J connectivity index is 2.16. The van der Waals surface area contributed by atoms with Crippen molar-refractivity contribution >= 4 is 17.3 Å². The van der Waals surface area contributed by atoms with Crippen LogP contribution in [0.15, 0.2) is 36.4 Å². The summed E-state index contributed by atoms with van der Waals surface area (Å²) in [4.78, 5) is 0. The van der Waals surface area contributed by atoms with E-state index in [1.165, 1.54) is 12.1 Å². The quantitative estimate of drug-likeness (QED) is 0.874. The molecule has 0 aliphatic carbocycles. The molecule has 0 amide bonds. The average Bonchev–Trinajstić information content (AvgIpc) is 2.35. The molecule has 18 heavy (non-hydrogen) atoms. The summed E-state index contributed by atoms with van der Waals surface area (Å²) in [6.45, 7) is 0.0206. The number of rotatable bonds is 3. The Morgan fingerprint density at radius 1 is 1.06 bits per heavy atom. The van der Waals surface area contributed by atoms with Crippen molar-refractivity contribution in [3.8, 4) is 0 Å². The molecule has 0 aliphatic heterocycles. The van der Waals surface area contributed by atoms with Crippen LogP contribution >= 0.6 is 11.6 Å². The van der Waals surface area contributed by atoms with Crippen molar-refractivity contribution in [3.63, 3.8) is 0 Å². The monoisotopic (exact) mass is 271 g/mol. The van der Waals surface area contributed by atoms with E-state index < -0.39 is 17.5 Å². The first-order chi connectivity index (χ1) is 8.58. The first-order valence-electron chi connectivity index (χ1n) is 5.20. The summed E-state index contributed by atoms with van der Waals surface area (Å²) in [5.74, 6) is -1.73. The maximum absolute atomic E-state index is 13.5. The lowest BCUT2D eigenvalue weighted by molar-refractivity contribution is 0.599. The third kappa shape index (κ3) is 2.76. The van der Waals surface area contributed by atoms with Crippen LogP contribution in [0, 0.1) is 17.5 Å². The van der Waals surface area contributed by atoms with E-state index in [0.717, 1.165) is 18.2 Å². The summed E-state index contributed by atoms with van der Waals surface area (Å²) in [5.41, 5.74) is 0.264. The van der Waals surface area contributed by atoms with E-state index in [2.05, 4.69) is 5.32 Å². The van der Waals surface area contributed by atoms with Gasteiger partial charge in [0.15, 0.2) is 0 Å². The van der Waals surface area contributed by atoms with E-state index in [1.54, 1.807) is 6.07 Å². The maximum Gasteiger partial charge on any atom is 0.146 e. The molecule has 0 fully saturated rings. The highest BCUT2D eigenvalue weighted by Gasteiger charge is 2.08. The highest BCUT2D eigenvalue weighted by Crippen LogP contribution is 2.20. The molecule has 1 nitrogen and oxygen atoms in total. The zero-order valence-electron chi connectivity index (χ0n) is 9.18. The molecule has 2 rings (SSSR count). The minimum absolute atomic E-state index is 0.00554. The van der Waals surface area contributed by atoms with Gasteiger partial charge in [-0.3, -0.25) is 0 Å². The summed E-state index contributed by atoms with van der Waals surface area (Å²) in [6, 6.07) is 7.56. The van der Waals surface area contributed by atoms with Gasteiger partial charge in [-0.25, -0.2) is 13.2 Å². The predicted octanol–water partition coefficient (Wildman–Crippen LogP) is 4.37. The maximum atomic E-state index is 13.5. The van der Waals surface area contributed by atoms with Gasteiger partial charge in [-0.2, -0.15) is 0 Å². The van der Waals surface area contributed by atoms with Crippen LogP contribution in [-0.4, -0.2) is 0 Å². The molecular formula is C13H9ClF3N. The predicted molar refractivity (Wildman–Crippen MR) is 65.1 cm³/mol. The Morgan fingerprint density at radius 3 is 2.61 bits per heavy atom. The number of hydrogen-bond acceptors (Lipinski definition) is 1. The average molecular weight is 272 g/mol. The fraction of sp³-hybridized carbons (Fsp3) is 0.0769. The lowest BCUT2D eigenvalue weighted by Gasteiger charge is -2.09. The number of nitrogens with one attached hydrogen (secondary N) is 1. The van der Waals surface area contributed by atoms with Crippen LogP contribution in [0.1, 0.15) is 5.56 Å². The van der Waals surface area contributed by atoms with E-state index >= 15 is 0 Å². The van der Waals surface area contributed by atoms with Crippen molar-refractivity contribution in [1.29, 1.82) is 0 Å². The Kier molecular flexibility index (Phi) is 3.77. The van der Waals surface area contributed by atoms with E-state index in [4.69, 9.17) is 11.6 Å². The fourth-order valence-corrected chi connectivity index (χ4v) is 1.70. The van der Waals surface area contributed by atoms with Gasteiger partial charge in [-0.05, 0) is 24.3 Å². The Labute approximate surface area is 107 Å². The SMILES string of the molecule is Fc1ccc(F)c(NCc2cccc(Cl)c2F)c1. The van der Waals surface area contributed by atoms with Gasteiger partial charge in [-0.1, -0.05) is 23.7 Å². The van der Waals surface area contributed by atoms with Crippen molar-refractivity contribution in [2.45, 2.75) is 6.54 Å². The molecule has 0 saturated heterocycles. The first-order valence-corrected chi connectivity index (χ1v) is 5.57. The molecule has 0 unspecified atom stereocenters. The molecular weight excluding hydrogens is 263 g/mol. The Morgan fingerprint density at radius 2 is 1.83 bits per heavy atom. The number of benzene rings is 2. The molecule has 0 atom stereocenters. The van der Waals surface area contributed by atoms with Gasteiger partial charge < -0.3 is 5.32 Å². The molecule has 0 heterocycles. The summed E-state index contributed by atoms with van der Waals surface area (Å²) < 4.78 is 39.8. The van der Waals surface area contributed by atoms with Crippen molar-refractivity contribution in [2.75, 3.05) is 5.32 Å². The van der Waals surface area contributed by atoms with Crippen LogP contribution < -0.4 is 5.32 Å². The van der Waals surface area contributed by atoms with Crippen LogP contribution in [0.3, 0.4) is 0 Å². The van der Waals surface area contributed by atoms with Gasteiger partial charge in [0, 0.05) is 12.1 Å². The second kappa shape index (κ2) is 5.31. The molecule has 0 spiro atoms. The third-order valence-electron chi connectivity index (χ3n) is 2.43. The van der Waals surface area contributed by atoms with Crippen LogP contribution in [0.5, 0.6) is 0 Å². The first kappa shape index (κ1) is 12.8. The van der Waals surface area contributed by atoms with Gasteiger partial charge in [0.05, 0.1) is 10.7 Å². The highest BCUT2D eigenvalue weighted by atomic mass is 35.5. The summed E-state index contributed by atoms with van der Waals surface area (Å²) in [7, 11) is 0. The van der Waals surface area contributed by atoms with Crippen LogP contribution in [0.2, 0.25) is 5.02 Å². The van der Waals surface area contributed by atoms with Crippen LogP contribution in [-0.2, 0) is 6.54 Å². The lowest BCUT2D eigenvalue weighted by Crippen LogP contribution is -2.04. The molecule has 5 heteroatoms. The van der Waals surface area contributed by atoms with Crippen molar-refractivity contribution < 1.29 is 13.2 Å². The van der Waals surface area contributed by atoms with Crippen molar-refractivity contribution in [3.05, 3.63) is 64.4 Å². The van der Waals surface area contributed by atoms with Gasteiger partial charge in [0.1, 0.15) is 17.5 Å². The largest absolute Gasteiger partial charge is 0.378 e. The minimum Gasteiger partial charge on any atom is -0.378 e. The molecule has 0 aromatic heterocycles. The molecule has 2 aromatic carbocycles. The topological polar surface area (TPSA) is 12.0 Å². The summed E-state index contributed by atoms with van der Waals surface area (Å²) in [6.07, 6.45) is 0. The molecule has 0 radical (unpaired) electrons. The smallest absolute Gasteiger partial charge is 0.146 e. The normalized spacial score (nSPS) is 10.4. The van der Waals surface area contributed by atoms with E-state index in [-0.39, 0.29) is 22.8 Å². The molecule has 0 bridgehead atoms. The molecule has 2 aromatic rings.